The number of unbranched alkanes of at least 4 members (excludes halogenated alkanes) is 1. The number of hydrogen-bond acceptors (Lipinski definition) is 10. The average molecular weight is 653 g/mol. The number of imidazole rings is 1. The van der Waals surface area contributed by atoms with Crippen molar-refractivity contribution < 1.29 is 23.4 Å². The fourth-order valence-corrected chi connectivity index (χ4v) is 7.89. The van der Waals surface area contributed by atoms with Gasteiger partial charge >= 0.3 is 0 Å². The van der Waals surface area contributed by atoms with Crippen molar-refractivity contribution in [1.82, 2.24) is 29.3 Å². The molecule has 2 bridgehead atoms. The number of anilines is 1. The number of aromatic nitrogens is 4. The zero-order valence-corrected chi connectivity index (χ0v) is 28.4. The summed E-state index contributed by atoms with van der Waals surface area (Å²) in [4.78, 5) is 36.7. The Labute approximate surface area is 272 Å². The van der Waals surface area contributed by atoms with Crippen LogP contribution in [0.15, 0.2) is 43.0 Å². The number of nitrogens with zero attached hydrogens (tertiary/aromatic N) is 7. The second-order valence-electron chi connectivity index (χ2n) is 12.1. The van der Waals surface area contributed by atoms with Crippen molar-refractivity contribution in [3.05, 3.63) is 60.0 Å². The lowest BCUT2D eigenvalue weighted by molar-refractivity contribution is -0.260. The first kappa shape index (κ1) is 34.3. The second kappa shape index (κ2) is 15.2. The SMILES string of the molecule is [C-]#[N+]CCOP(OC1[C@@H]2ON(CCCC)C[C@]1(CC)O[C@H]2n1cnc2c(NC(=O)c3ccccc3)ncnc21)N(C(C)C)C(C)C. The number of rotatable bonds is 15. The van der Waals surface area contributed by atoms with E-state index >= 15 is 0 Å². The molecule has 3 aromatic rings. The van der Waals surface area contributed by atoms with Gasteiger partial charge in [0.15, 0.2) is 29.3 Å². The van der Waals surface area contributed by atoms with Crippen LogP contribution in [0.1, 0.15) is 77.4 Å². The molecule has 0 saturated carbocycles. The number of hydroxylamine groups is 2. The molecule has 2 aromatic heterocycles. The predicted octanol–water partition coefficient (Wildman–Crippen LogP) is 5.84. The van der Waals surface area contributed by atoms with Gasteiger partial charge in [-0.2, -0.15) is 5.06 Å². The van der Waals surface area contributed by atoms with Crippen LogP contribution in [0.4, 0.5) is 5.82 Å². The maximum Gasteiger partial charge on any atom is 0.259 e. The Morgan fingerprint density at radius 1 is 1.20 bits per heavy atom. The van der Waals surface area contributed by atoms with Gasteiger partial charge in [0.1, 0.15) is 24.6 Å². The second-order valence-corrected chi connectivity index (χ2v) is 13.5. The van der Waals surface area contributed by atoms with Crippen LogP contribution < -0.4 is 5.32 Å². The van der Waals surface area contributed by atoms with E-state index in [0.717, 1.165) is 19.4 Å². The van der Waals surface area contributed by atoms with Crippen molar-refractivity contribution in [2.24, 2.45) is 0 Å². The third kappa shape index (κ3) is 7.09. The molecule has 248 valence electrons. The van der Waals surface area contributed by atoms with Gasteiger partial charge < -0.3 is 23.9 Å². The lowest BCUT2D eigenvalue weighted by Gasteiger charge is -2.45. The van der Waals surface area contributed by atoms with E-state index in [4.69, 9.17) is 25.2 Å². The fraction of sp³-hybridized carbons (Fsp3) is 0.594. The molecule has 1 amide bonds. The van der Waals surface area contributed by atoms with Crippen molar-refractivity contribution in [3.8, 4) is 0 Å². The summed E-state index contributed by atoms with van der Waals surface area (Å²) < 4.78 is 24.4. The number of amides is 1. The van der Waals surface area contributed by atoms with E-state index in [1.165, 1.54) is 6.33 Å². The first-order chi connectivity index (χ1) is 22.2. The molecule has 5 rings (SSSR count). The Morgan fingerprint density at radius 2 is 1.96 bits per heavy atom. The molecule has 1 aromatic carbocycles. The summed E-state index contributed by atoms with van der Waals surface area (Å²) in [5.74, 6) is 0.0196. The van der Waals surface area contributed by atoms with Crippen molar-refractivity contribution in [2.45, 2.75) is 96.9 Å². The molecule has 0 aliphatic carbocycles. The fourth-order valence-electron chi connectivity index (χ4n) is 6.09. The topological polar surface area (TPSA) is 120 Å². The van der Waals surface area contributed by atoms with Gasteiger partial charge in [0, 0.05) is 24.2 Å². The summed E-state index contributed by atoms with van der Waals surface area (Å²) >= 11 is 0. The van der Waals surface area contributed by atoms with Gasteiger partial charge in [-0.1, -0.05) is 38.5 Å². The third-order valence-electron chi connectivity index (χ3n) is 8.28. The Balaban J connectivity index is 1.50. The van der Waals surface area contributed by atoms with Crippen molar-refractivity contribution in [2.75, 3.05) is 31.6 Å². The van der Waals surface area contributed by atoms with Gasteiger partial charge in [-0.05, 0) is 52.7 Å². The summed E-state index contributed by atoms with van der Waals surface area (Å²) in [7, 11) is -1.55. The maximum atomic E-state index is 13.0. The summed E-state index contributed by atoms with van der Waals surface area (Å²) in [5.41, 5.74) is 0.752. The molecule has 5 atom stereocenters. The lowest BCUT2D eigenvalue weighted by Crippen LogP contribution is -2.58. The largest absolute Gasteiger partial charge is 0.344 e. The molecule has 14 heteroatoms. The lowest BCUT2D eigenvalue weighted by atomic mass is 9.91. The van der Waals surface area contributed by atoms with E-state index in [1.807, 2.05) is 27.8 Å². The number of benzene rings is 1. The van der Waals surface area contributed by atoms with E-state index in [2.05, 4.69) is 71.3 Å². The number of carbonyl (C=O) groups excluding carboxylic acids is 1. The number of hydrogen-bond donors (Lipinski definition) is 1. The standard InChI is InChI=1S/C32H45N8O5P/c1-8-10-17-38-19-32(9-2)27(45-46(42-18-16-33-7)40(22(3)4)23(5)6)26(44-38)31(43-32)39-21-36-25-28(34-20-35-29(25)39)37-30(41)24-14-12-11-13-15-24/h11-15,20-23,26-27,31H,8-10,16-19H2,1-6H3,(H,34,35,37,41)/t26-,27?,31+,32-,46?/m0/s1. The highest BCUT2D eigenvalue weighted by Gasteiger charge is 2.62. The van der Waals surface area contributed by atoms with Crippen molar-refractivity contribution in [1.29, 1.82) is 0 Å². The normalized spacial score (nSPS) is 23.8. The van der Waals surface area contributed by atoms with E-state index < -0.39 is 32.6 Å². The molecule has 0 radical (unpaired) electrons. The highest BCUT2D eigenvalue weighted by atomic mass is 31.2. The van der Waals surface area contributed by atoms with E-state index in [0.29, 0.717) is 35.5 Å². The van der Waals surface area contributed by atoms with Gasteiger partial charge in [-0.15, -0.1) is 0 Å². The Kier molecular flexibility index (Phi) is 11.3. The molecule has 2 fully saturated rings. The van der Waals surface area contributed by atoms with Crippen LogP contribution in [0.3, 0.4) is 0 Å². The monoisotopic (exact) mass is 652 g/mol. The molecule has 0 spiro atoms. The first-order valence-corrected chi connectivity index (χ1v) is 17.2. The van der Waals surface area contributed by atoms with Crippen LogP contribution in [0.2, 0.25) is 0 Å². The minimum atomic E-state index is -1.55. The summed E-state index contributed by atoms with van der Waals surface area (Å²) in [6, 6.07) is 9.26. The zero-order valence-electron chi connectivity index (χ0n) is 27.5. The number of nitrogens with one attached hydrogen (secondary N) is 1. The van der Waals surface area contributed by atoms with Gasteiger partial charge in [0.2, 0.25) is 6.54 Å². The molecule has 2 aliphatic heterocycles. The average Bonchev–Trinajstić information content (AvgIpc) is 3.54. The smallest absolute Gasteiger partial charge is 0.259 e. The molecule has 46 heavy (non-hydrogen) atoms. The highest BCUT2D eigenvalue weighted by molar-refractivity contribution is 7.44. The molecular formula is C32H45N8O5P. The molecule has 1 N–H and O–H groups in total. The Bertz CT molecular complexity index is 1490. The van der Waals surface area contributed by atoms with Gasteiger partial charge in [-0.3, -0.25) is 14.2 Å². The first-order valence-electron chi connectivity index (χ1n) is 16.1. The Hall–Kier alpha value is -3.08. The minimum Gasteiger partial charge on any atom is -0.344 e. The van der Waals surface area contributed by atoms with Crippen LogP contribution in [0.25, 0.3) is 16.0 Å². The molecule has 2 aliphatic rings. The maximum absolute atomic E-state index is 13.0. The zero-order chi connectivity index (χ0) is 32.8. The van der Waals surface area contributed by atoms with Crippen LogP contribution >= 0.6 is 8.53 Å². The third-order valence-corrected chi connectivity index (χ3v) is 10.4. The Morgan fingerprint density at radius 3 is 2.63 bits per heavy atom. The van der Waals surface area contributed by atoms with Crippen LogP contribution in [0.5, 0.6) is 0 Å². The van der Waals surface area contributed by atoms with Crippen molar-refractivity contribution in [3.63, 3.8) is 0 Å². The molecule has 2 saturated heterocycles. The van der Waals surface area contributed by atoms with Gasteiger partial charge in [-0.25, -0.2) is 26.2 Å². The summed E-state index contributed by atoms with van der Waals surface area (Å²) in [5, 5.41) is 4.88. The van der Waals surface area contributed by atoms with Gasteiger partial charge in [0.25, 0.3) is 14.4 Å². The van der Waals surface area contributed by atoms with Crippen molar-refractivity contribution >= 4 is 31.4 Å². The number of fused-ring (bicyclic) bond motifs is 3. The summed E-state index contributed by atoms with van der Waals surface area (Å²) in [6.07, 6.45) is 4.11. The number of ether oxygens (including phenoxy) is 1. The number of carbonyl (C=O) groups is 1. The molecular weight excluding hydrogens is 607 g/mol. The van der Waals surface area contributed by atoms with E-state index in [-0.39, 0.29) is 31.1 Å². The highest BCUT2D eigenvalue weighted by Crippen LogP contribution is 2.55. The minimum absolute atomic E-state index is 0.148. The molecule has 4 heterocycles. The predicted molar refractivity (Wildman–Crippen MR) is 176 cm³/mol. The molecule has 2 unspecified atom stereocenters. The van der Waals surface area contributed by atoms with Gasteiger partial charge in [0.05, 0.1) is 12.9 Å². The van der Waals surface area contributed by atoms with E-state index in [1.54, 1.807) is 18.5 Å². The van der Waals surface area contributed by atoms with Crippen LogP contribution in [0, 0.1) is 6.57 Å². The molecule has 13 nitrogen and oxygen atoms in total. The van der Waals surface area contributed by atoms with Crippen LogP contribution in [-0.4, -0.2) is 91.3 Å². The quantitative estimate of drug-likeness (QED) is 0.122. The van der Waals surface area contributed by atoms with Crippen LogP contribution in [-0.2, 0) is 18.6 Å². The van der Waals surface area contributed by atoms with E-state index in [9.17, 15) is 4.79 Å². The summed E-state index contributed by atoms with van der Waals surface area (Å²) in [6.45, 7) is 21.8.